The van der Waals surface area contributed by atoms with Gasteiger partial charge in [0.25, 0.3) is 0 Å². The standard InChI is InChI=1S/C21H23ClN2O/c1-14-3-8-19-17(11-14)18-13-23(2)10-9-20(18)24(19)21(25)12-15-4-6-16(22)7-5-15/h3-8,11,18,20H,9-10,12-13H2,1-2H3/t18-,20-/m0/s1. The Morgan fingerprint density at radius 3 is 2.72 bits per heavy atom. The summed E-state index contributed by atoms with van der Waals surface area (Å²) in [6.07, 6.45) is 1.45. The van der Waals surface area contributed by atoms with Gasteiger partial charge in [-0.25, -0.2) is 0 Å². The molecule has 0 N–H and O–H groups in total. The Balaban J connectivity index is 1.66. The topological polar surface area (TPSA) is 23.6 Å². The van der Waals surface area contributed by atoms with Crippen molar-refractivity contribution in [3.8, 4) is 0 Å². The molecule has 0 saturated carbocycles. The largest absolute Gasteiger partial charge is 0.308 e. The van der Waals surface area contributed by atoms with E-state index in [1.807, 2.05) is 24.3 Å². The summed E-state index contributed by atoms with van der Waals surface area (Å²) in [5.74, 6) is 0.604. The molecule has 0 spiro atoms. The molecule has 0 bridgehead atoms. The van der Waals surface area contributed by atoms with Gasteiger partial charge in [-0.1, -0.05) is 41.4 Å². The van der Waals surface area contributed by atoms with Crippen molar-refractivity contribution in [1.29, 1.82) is 0 Å². The number of aryl methyl sites for hydroxylation is 1. The molecule has 2 atom stereocenters. The van der Waals surface area contributed by atoms with Gasteiger partial charge in [-0.2, -0.15) is 0 Å². The summed E-state index contributed by atoms with van der Waals surface area (Å²) in [6.45, 7) is 4.19. The molecule has 1 saturated heterocycles. The quantitative estimate of drug-likeness (QED) is 0.813. The number of halogens is 1. The van der Waals surface area contributed by atoms with Crippen LogP contribution in [0.4, 0.5) is 5.69 Å². The van der Waals surface area contributed by atoms with Crippen LogP contribution >= 0.6 is 11.6 Å². The van der Waals surface area contributed by atoms with E-state index < -0.39 is 0 Å². The van der Waals surface area contributed by atoms with Gasteiger partial charge in [-0.05, 0) is 56.3 Å². The molecule has 2 aliphatic rings. The Morgan fingerprint density at radius 1 is 1.20 bits per heavy atom. The highest BCUT2D eigenvalue weighted by atomic mass is 35.5. The number of likely N-dealkylation sites (N-methyl/N-ethyl adjacent to an activating group) is 1. The molecule has 2 aromatic rings. The van der Waals surface area contributed by atoms with Crippen LogP contribution in [0.1, 0.15) is 29.0 Å². The second kappa shape index (κ2) is 6.47. The Hall–Kier alpha value is -1.84. The second-order valence-corrected chi connectivity index (χ2v) is 7.79. The maximum atomic E-state index is 13.2. The summed E-state index contributed by atoms with van der Waals surface area (Å²) >= 11 is 5.96. The van der Waals surface area contributed by atoms with Crippen LogP contribution in [-0.2, 0) is 11.2 Å². The fourth-order valence-electron chi connectivity index (χ4n) is 4.27. The summed E-state index contributed by atoms with van der Waals surface area (Å²) in [6, 6.07) is 14.4. The first-order valence-electron chi connectivity index (χ1n) is 8.88. The lowest BCUT2D eigenvalue weighted by molar-refractivity contribution is -0.118. The van der Waals surface area contributed by atoms with Crippen LogP contribution in [0.2, 0.25) is 5.02 Å². The third-order valence-electron chi connectivity index (χ3n) is 5.49. The van der Waals surface area contributed by atoms with Crippen molar-refractivity contribution in [2.45, 2.75) is 31.7 Å². The normalized spacial score (nSPS) is 22.6. The number of carbonyl (C=O) groups is 1. The first-order chi connectivity index (χ1) is 12.0. The molecule has 4 heteroatoms. The van der Waals surface area contributed by atoms with Crippen molar-refractivity contribution in [2.75, 3.05) is 25.0 Å². The number of hydrogen-bond donors (Lipinski definition) is 0. The van der Waals surface area contributed by atoms with Crippen molar-refractivity contribution in [2.24, 2.45) is 0 Å². The highest BCUT2D eigenvalue weighted by Gasteiger charge is 2.43. The average Bonchev–Trinajstić information content (AvgIpc) is 2.90. The van der Waals surface area contributed by atoms with Crippen LogP contribution in [0.25, 0.3) is 0 Å². The van der Waals surface area contributed by atoms with E-state index in [1.54, 1.807) is 0 Å². The van der Waals surface area contributed by atoms with E-state index >= 15 is 0 Å². The van der Waals surface area contributed by atoms with Crippen molar-refractivity contribution in [3.05, 3.63) is 64.2 Å². The lowest BCUT2D eigenvalue weighted by Gasteiger charge is -2.36. The fraction of sp³-hybridized carbons (Fsp3) is 0.381. The van der Waals surface area contributed by atoms with Crippen molar-refractivity contribution in [3.63, 3.8) is 0 Å². The Bertz CT molecular complexity index is 802. The van der Waals surface area contributed by atoms with Crippen molar-refractivity contribution < 1.29 is 4.79 Å². The predicted molar refractivity (Wildman–Crippen MR) is 102 cm³/mol. The average molecular weight is 355 g/mol. The lowest BCUT2D eigenvalue weighted by atomic mass is 9.89. The van der Waals surface area contributed by atoms with Crippen molar-refractivity contribution >= 4 is 23.2 Å². The summed E-state index contributed by atoms with van der Waals surface area (Å²) in [5, 5.41) is 0.702. The molecule has 1 fully saturated rings. The Morgan fingerprint density at radius 2 is 1.96 bits per heavy atom. The number of piperidine rings is 1. The zero-order chi connectivity index (χ0) is 17.6. The molecular formula is C21H23ClN2O. The minimum atomic E-state index is 0.185. The Labute approximate surface area is 154 Å². The smallest absolute Gasteiger partial charge is 0.231 e. The molecule has 0 radical (unpaired) electrons. The van der Waals surface area contributed by atoms with Crippen LogP contribution in [0.15, 0.2) is 42.5 Å². The molecule has 25 heavy (non-hydrogen) atoms. The van der Waals surface area contributed by atoms with Crippen LogP contribution < -0.4 is 4.90 Å². The molecule has 0 unspecified atom stereocenters. The molecular weight excluding hydrogens is 332 g/mol. The summed E-state index contributed by atoms with van der Waals surface area (Å²) in [4.78, 5) is 17.6. The van der Waals surface area contributed by atoms with E-state index in [9.17, 15) is 4.79 Å². The first kappa shape index (κ1) is 16.6. The van der Waals surface area contributed by atoms with Gasteiger partial charge in [0.1, 0.15) is 0 Å². The summed E-state index contributed by atoms with van der Waals surface area (Å²) < 4.78 is 0. The fourth-order valence-corrected chi connectivity index (χ4v) is 4.39. The van der Waals surface area contributed by atoms with E-state index in [0.717, 1.165) is 30.8 Å². The molecule has 0 aromatic heterocycles. The van der Waals surface area contributed by atoms with Gasteiger partial charge in [-0.3, -0.25) is 4.79 Å². The zero-order valence-corrected chi connectivity index (χ0v) is 15.5. The van der Waals surface area contributed by atoms with Gasteiger partial charge in [0.05, 0.1) is 6.42 Å². The van der Waals surface area contributed by atoms with Crippen molar-refractivity contribution in [1.82, 2.24) is 4.90 Å². The summed E-state index contributed by atoms with van der Waals surface area (Å²) in [7, 11) is 2.17. The van der Waals surface area contributed by atoms with E-state index in [2.05, 4.69) is 42.0 Å². The molecule has 0 aliphatic carbocycles. The molecule has 2 heterocycles. The molecule has 2 aliphatic heterocycles. The maximum Gasteiger partial charge on any atom is 0.231 e. The lowest BCUT2D eigenvalue weighted by Crippen LogP contribution is -2.47. The molecule has 3 nitrogen and oxygen atoms in total. The second-order valence-electron chi connectivity index (χ2n) is 7.35. The number of hydrogen-bond acceptors (Lipinski definition) is 2. The van der Waals surface area contributed by atoms with E-state index in [4.69, 9.17) is 11.6 Å². The molecule has 2 aromatic carbocycles. The number of rotatable bonds is 2. The van der Waals surface area contributed by atoms with E-state index in [0.29, 0.717) is 17.4 Å². The van der Waals surface area contributed by atoms with Gasteiger partial charge in [0.2, 0.25) is 5.91 Å². The molecule has 1 amide bonds. The van der Waals surface area contributed by atoms with Gasteiger partial charge in [0.15, 0.2) is 0 Å². The number of fused-ring (bicyclic) bond motifs is 3. The monoisotopic (exact) mass is 354 g/mol. The Kier molecular flexibility index (Phi) is 4.30. The minimum Gasteiger partial charge on any atom is -0.308 e. The minimum absolute atomic E-state index is 0.185. The van der Waals surface area contributed by atoms with Gasteiger partial charge >= 0.3 is 0 Å². The third kappa shape index (κ3) is 3.07. The predicted octanol–water partition coefficient (Wildman–Crippen LogP) is 4.03. The van der Waals surface area contributed by atoms with Gasteiger partial charge < -0.3 is 9.80 Å². The van der Waals surface area contributed by atoms with Gasteiger partial charge in [-0.15, -0.1) is 0 Å². The number of amides is 1. The number of nitrogens with zero attached hydrogens (tertiary/aromatic N) is 2. The van der Waals surface area contributed by atoms with Crippen LogP contribution in [0, 0.1) is 6.92 Å². The third-order valence-corrected chi connectivity index (χ3v) is 5.74. The zero-order valence-electron chi connectivity index (χ0n) is 14.7. The summed E-state index contributed by atoms with van der Waals surface area (Å²) in [5.41, 5.74) is 4.72. The van der Waals surface area contributed by atoms with Crippen LogP contribution in [0.3, 0.4) is 0 Å². The van der Waals surface area contributed by atoms with Gasteiger partial charge in [0, 0.05) is 29.2 Å². The first-order valence-corrected chi connectivity index (χ1v) is 9.26. The number of carbonyl (C=O) groups excluding carboxylic acids is 1. The number of likely N-dealkylation sites (tertiary alicyclic amines) is 1. The highest BCUT2D eigenvalue weighted by molar-refractivity contribution is 6.30. The SMILES string of the molecule is Cc1ccc2c(c1)[C@@H]1CN(C)CC[C@@H]1N2C(=O)Cc1ccc(Cl)cc1. The highest BCUT2D eigenvalue weighted by Crippen LogP contribution is 2.45. The molecule has 4 rings (SSSR count). The molecule has 130 valence electrons. The van der Waals surface area contributed by atoms with E-state index in [1.165, 1.54) is 11.1 Å². The van der Waals surface area contributed by atoms with Crippen LogP contribution in [0.5, 0.6) is 0 Å². The number of benzene rings is 2. The maximum absolute atomic E-state index is 13.2. The number of anilines is 1. The van der Waals surface area contributed by atoms with E-state index in [-0.39, 0.29) is 11.9 Å². The van der Waals surface area contributed by atoms with Crippen LogP contribution in [-0.4, -0.2) is 37.0 Å².